The number of rotatable bonds is 7. The molecule has 2 N–H and O–H groups in total. The second-order valence-electron chi connectivity index (χ2n) is 6.48. The van der Waals surface area contributed by atoms with Gasteiger partial charge in [-0.25, -0.2) is 17.9 Å². The number of amides is 1. The third-order valence-corrected chi connectivity index (χ3v) is 5.97. The van der Waals surface area contributed by atoms with Crippen LogP contribution in [0.4, 0.5) is 5.69 Å². The normalized spacial score (nSPS) is 13.8. The lowest BCUT2D eigenvalue weighted by Crippen LogP contribution is -2.26. The van der Waals surface area contributed by atoms with Crippen molar-refractivity contribution in [2.75, 3.05) is 11.9 Å². The van der Waals surface area contributed by atoms with E-state index in [1.165, 1.54) is 18.2 Å². The van der Waals surface area contributed by atoms with Gasteiger partial charge in [-0.3, -0.25) is 4.79 Å². The molecule has 9 heteroatoms. The highest BCUT2D eigenvalue weighted by Crippen LogP contribution is 2.24. The van der Waals surface area contributed by atoms with Crippen molar-refractivity contribution < 1.29 is 22.7 Å². The van der Waals surface area contributed by atoms with Crippen LogP contribution in [0.1, 0.15) is 28.8 Å². The molecule has 1 fully saturated rings. The first-order valence-electron chi connectivity index (χ1n) is 8.61. The van der Waals surface area contributed by atoms with E-state index in [0.717, 1.165) is 12.8 Å². The fraction of sp³-hybridized carbons (Fsp3) is 0.263. The minimum Gasteiger partial charge on any atom is -0.452 e. The highest BCUT2D eigenvalue weighted by molar-refractivity contribution is 7.89. The maximum absolute atomic E-state index is 12.4. The first-order valence-corrected chi connectivity index (χ1v) is 10.5. The van der Waals surface area contributed by atoms with E-state index >= 15 is 0 Å². The number of aryl methyl sites for hydroxylation is 1. The molecular weight excluding hydrogens is 404 g/mol. The molecule has 28 heavy (non-hydrogen) atoms. The van der Waals surface area contributed by atoms with Crippen molar-refractivity contribution in [3.8, 4) is 0 Å². The second-order valence-corrected chi connectivity index (χ2v) is 8.60. The molecule has 1 aliphatic carbocycles. The second kappa shape index (κ2) is 8.30. The van der Waals surface area contributed by atoms with Crippen LogP contribution in [0, 0.1) is 6.92 Å². The lowest BCUT2D eigenvalue weighted by molar-refractivity contribution is -0.119. The zero-order valence-corrected chi connectivity index (χ0v) is 16.6. The van der Waals surface area contributed by atoms with Crippen LogP contribution in [-0.2, 0) is 19.6 Å². The Morgan fingerprint density at radius 1 is 1.18 bits per heavy atom. The van der Waals surface area contributed by atoms with Crippen LogP contribution in [0.2, 0.25) is 5.02 Å². The topological polar surface area (TPSA) is 102 Å². The monoisotopic (exact) mass is 422 g/mol. The molecule has 148 valence electrons. The lowest BCUT2D eigenvalue weighted by Gasteiger charge is -2.11. The summed E-state index contributed by atoms with van der Waals surface area (Å²) in [7, 11) is -3.70. The van der Waals surface area contributed by atoms with Crippen molar-refractivity contribution in [1.82, 2.24) is 4.72 Å². The third-order valence-electron chi connectivity index (χ3n) is 4.12. The fourth-order valence-corrected chi connectivity index (χ4v) is 3.95. The van der Waals surface area contributed by atoms with Gasteiger partial charge in [0.2, 0.25) is 10.0 Å². The summed E-state index contributed by atoms with van der Waals surface area (Å²) in [5.74, 6) is -1.34. The maximum atomic E-state index is 12.4. The van der Waals surface area contributed by atoms with Gasteiger partial charge in [-0.05, 0) is 49.6 Å². The number of halogens is 1. The van der Waals surface area contributed by atoms with E-state index in [1.807, 2.05) is 0 Å². The molecule has 1 aliphatic rings. The van der Waals surface area contributed by atoms with E-state index < -0.39 is 28.5 Å². The highest BCUT2D eigenvalue weighted by Gasteiger charge is 2.28. The van der Waals surface area contributed by atoms with Crippen molar-refractivity contribution >= 4 is 39.2 Å². The van der Waals surface area contributed by atoms with Gasteiger partial charge in [-0.2, -0.15) is 0 Å². The smallest absolute Gasteiger partial charge is 0.338 e. The van der Waals surface area contributed by atoms with Crippen molar-refractivity contribution in [2.24, 2.45) is 0 Å². The number of esters is 1. The molecule has 0 spiro atoms. The molecule has 0 atom stereocenters. The molecule has 7 nitrogen and oxygen atoms in total. The quantitative estimate of drug-likeness (QED) is 0.668. The van der Waals surface area contributed by atoms with Crippen LogP contribution in [0.25, 0.3) is 0 Å². The van der Waals surface area contributed by atoms with Crippen LogP contribution in [-0.4, -0.2) is 32.9 Å². The summed E-state index contributed by atoms with van der Waals surface area (Å²) >= 11 is 5.96. The van der Waals surface area contributed by atoms with Crippen LogP contribution in [0.15, 0.2) is 47.4 Å². The highest BCUT2D eigenvalue weighted by atomic mass is 35.5. The van der Waals surface area contributed by atoms with Gasteiger partial charge in [0, 0.05) is 6.04 Å². The van der Waals surface area contributed by atoms with E-state index in [0.29, 0.717) is 16.3 Å². The predicted octanol–water partition coefficient (Wildman–Crippen LogP) is 2.88. The number of carbonyl (C=O) groups is 2. The van der Waals surface area contributed by atoms with E-state index in [-0.39, 0.29) is 16.5 Å². The lowest BCUT2D eigenvalue weighted by atomic mass is 10.1. The molecule has 0 aromatic heterocycles. The summed E-state index contributed by atoms with van der Waals surface area (Å²) < 4.78 is 32.3. The van der Waals surface area contributed by atoms with Crippen molar-refractivity contribution in [1.29, 1.82) is 0 Å². The minimum absolute atomic E-state index is 0.0162. The number of sulfonamides is 1. The molecule has 0 aliphatic heterocycles. The Morgan fingerprint density at radius 2 is 1.89 bits per heavy atom. The zero-order valence-electron chi connectivity index (χ0n) is 15.1. The van der Waals surface area contributed by atoms with Gasteiger partial charge >= 0.3 is 5.97 Å². The molecule has 1 amide bonds. The largest absolute Gasteiger partial charge is 0.452 e. The Hall–Kier alpha value is -2.42. The van der Waals surface area contributed by atoms with Gasteiger partial charge in [0.15, 0.2) is 6.61 Å². The van der Waals surface area contributed by atoms with E-state index in [1.54, 1.807) is 31.2 Å². The molecule has 3 rings (SSSR count). The molecule has 0 heterocycles. The van der Waals surface area contributed by atoms with Crippen molar-refractivity contribution in [2.45, 2.75) is 30.7 Å². The number of carbonyl (C=O) groups excluding carboxylic acids is 2. The van der Waals surface area contributed by atoms with Crippen molar-refractivity contribution in [3.63, 3.8) is 0 Å². The molecule has 2 aromatic rings. The van der Waals surface area contributed by atoms with Gasteiger partial charge in [-0.1, -0.05) is 29.8 Å². The average molecular weight is 423 g/mol. The van der Waals surface area contributed by atoms with Crippen LogP contribution in [0.3, 0.4) is 0 Å². The maximum Gasteiger partial charge on any atom is 0.338 e. The first-order chi connectivity index (χ1) is 13.3. The van der Waals surface area contributed by atoms with Gasteiger partial charge in [0.1, 0.15) is 0 Å². The van der Waals surface area contributed by atoms with Crippen LogP contribution in [0.5, 0.6) is 0 Å². The number of nitrogens with one attached hydrogen (secondary N) is 2. The molecule has 2 aromatic carbocycles. The minimum atomic E-state index is -3.70. The Kier molecular flexibility index (Phi) is 6.02. The molecule has 0 bridgehead atoms. The molecular formula is C19H19ClN2O5S. The molecule has 0 radical (unpaired) electrons. The summed E-state index contributed by atoms with van der Waals surface area (Å²) in [6, 6.07) is 10.8. The predicted molar refractivity (Wildman–Crippen MR) is 105 cm³/mol. The van der Waals surface area contributed by atoms with E-state index in [4.69, 9.17) is 16.3 Å². The van der Waals surface area contributed by atoms with Gasteiger partial charge in [-0.15, -0.1) is 0 Å². The van der Waals surface area contributed by atoms with Gasteiger partial charge in [0.25, 0.3) is 5.91 Å². The Balaban J connectivity index is 1.66. The van der Waals surface area contributed by atoms with E-state index in [9.17, 15) is 18.0 Å². The molecule has 0 saturated heterocycles. The number of para-hydroxylation sites is 1. The summed E-state index contributed by atoms with van der Waals surface area (Å²) in [6.07, 6.45) is 1.61. The van der Waals surface area contributed by atoms with E-state index in [2.05, 4.69) is 10.0 Å². The van der Waals surface area contributed by atoms with Crippen LogP contribution < -0.4 is 10.0 Å². The van der Waals surface area contributed by atoms with Crippen LogP contribution >= 0.6 is 11.6 Å². The Bertz CT molecular complexity index is 1020. The zero-order chi connectivity index (χ0) is 20.3. The summed E-state index contributed by atoms with van der Waals surface area (Å²) in [5.41, 5.74) is 1.03. The van der Waals surface area contributed by atoms with Gasteiger partial charge in [0.05, 0.1) is 21.2 Å². The summed E-state index contributed by atoms with van der Waals surface area (Å²) in [6.45, 7) is 1.13. The third kappa shape index (κ3) is 5.09. The summed E-state index contributed by atoms with van der Waals surface area (Å²) in [4.78, 5) is 24.3. The number of ether oxygens (including phenoxy) is 1. The van der Waals surface area contributed by atoms with Crippen molar-refractivity contribution in [3.05, 3.63) is 58.6 Å². The Morgan fingerprint density at radius 3 is 2.57 bits per heavy atom. The number of benzene rings is 2. The summed E-state index contributed by atoms with van der Waals surface area (Å²) in [5, 5.41) is 2.90. The number of hydrogen-bond acceptors (Lipinski definition) is 5. The average Bonchev–Trinajstić information content (AvgIpc) is 3.45. The fourth-order valence-electron chi connectivity index (χ4n) is 2.43. The number of hydrogen-bond donors (Lipinski definition) is 2. The standard InChI is InChI=1S/C19H19ClN2O5S/c1-12-6-9-14(28(25,26)22-13-7-8-13)10-15(12)19(24)27-11-18(23)21-17-5-3-2-4-16(17)20/h2-6,9-10,13,22H,7-8,11H2,1H3,(H,21,23). The first kappa shape index (κ1) is 20.3. The van der Waals surface area contributed by atoms with Gasteiger partial charge < -0.3 is 10.1 Å². The SMILES string of the molecule is Cc1ccc(S(=O)(=O)NC2CC2)cc1C(=O)OCC(=O)Nc1ccccc1Cl. The molecule has 0 unspecified atom stereocenters. The Labute approximate surface area is 168 Å². The molecule has 1 saturated carbocycles. The number of anilines is 1.